The summed E-state index contributed by atoms with van der Waals surface area (Å²) in [6.45, 7) is 1.41. The Morgan fingerprint density at radius 3 is 1.43 bits per heavy atom. The highest BCUT2D eigenvalue weighted by atomic mass is 16.0. The summed E-state index contributed by atoms with van der Waals surface area (Å²) in [5.41, 5.74) is 4.85. The zero-order valence-corrected chi connectivity index (χ0v) is 4.07. The van der Waals surface area contributed by atoms with Crippen LogP contribution in [0.15, 0.2) is 0 Å². The van der Waals surface area contributed by atoms with Crippen LogP contribution in [0.5, 0.6) is 0 Å². The molecule has 0 rings (SSSR count). The van der Waals surface area contributed by atoms with Crippen LogP contribution in [-0.2, 0) is 0 Å². The topological polar surface area (TPSA) is 108 Å². The molecule has 5 heteroatoms. The SMILES string of the molecule is NNCCNN.O. The Kier molecular flexibility index (Phi) is 13.1. The highest BCUT2D eigenvalue weighted by molar-refractivity contribution is 4.35. The second-order valence-corrected chi connectivity index (χ2v) is 0.908. The molecule has 0 radical (unpaired) electrons. The lowest BCUT2D eigenvalue weighted by molar-refractivity contribution is 0.649. The van der Waals surface area contributed by atoms with E-state index in [1.807, 2.05) is 0 Å². The summed E-state index contributed by atoms with van der Waals surface area (Å²) in [5, 5.41) is 0. The Labute approximate surface area is 42.3 Å². The first-order valence-corrected chi connectivity index (χ1v) is 1.78. The minimum absolute atomic E-state index is 0. The minimum atomic E-state index is 0. The van der Waals surface area contributed by atoms with Gasteiger partial charge in [-0.05, 0) is 0 Å². The van der Waals surface area contributed by atoms with Gasteiger partial charge in [0.1, 0.15) is 0 Å². The minimum Gasteiger partial charge on any atom is -0.412 e. The summed E-state index contributed by atoms with van der Waals surface area (Å²) in [4.78, 5) is 0. The number of nitrogens with one attached hydrogen (secondary N) is 2. The molecule has 0 saturated carbocycles. The molecular formula is C2H12N4O. The highest BCUT2D eigenvalue weighted by Gasteiger charge is 1.71. The van der Waals surface area contributed by atoms with E-state index in [9.17, 15) is 0 Å². The van der Waals surface area contributed by atoms with E-state index in [1.54, 1.807) is 0 Å². The van der Waals surface area contributed by atoms with E-state index in [2.05, 4.69) is 10.9 Å². The average molecular weight is 108 g/mol. The maximum absolute atomic E-state index is 4.87. The van der Waals surface area contributed by atoms with E-state index in [0.717, 1.165) is 0 Å². The van der Waals surface area contributed by atoms with E-state index in [-0.39, 0.29) is 5.48 Å². The van der Waals surface area contributed by atoms with Crippen LogP contribution < -0.4 is 22.5 Å². The average Bonchev–Trinajstić information content (AvgIpc) is 1.61. The van der Waals surface area contributed by atoms with Gasteiger partial charge in [-0.3, -0.25) is 22.5 Å². The van der Waals surface area contributed by atoms with Gasteiger partial charge >= 0.3 is 0 Å². The van der Waals surface area contributed by atoms with Crippen molar-refractivity contribution in [3.05, 3.63) is 0 Å². The van der Waals surface area contributed by atoms with Crippen LogP contribution >= 0.6 is 0 Å². The second kappa shape index (κ2) is 9.25. The summed E-state index contributed by atoms with van der Waals surface area (Å²) in [5.74, 6) is 9.74. The van der Waals surface area contributed by atoms with Crippen molar-refractivity contribution in [3.63, 3.8) is 0 Å². The Bertz CT molecular complexity index is 21.7. The molecule has 0 aliphatic rings. The van der Waals surface area contributed by atoms with E-state index < -0.39 is 0 Å². The van der Waals surface area contributed by atoms with Crippen LogP contribution in [0.25, 0.3) is 0 Å². The first kappa shape index (κ1) is 9.93. The Morgan fingerprint density at radius 2 is 1.29 bits per heavy atom. The molecule has 0 spiro atoms. The molecule has 0 unspecified atom stereocenters. The van der Waals surface area contributed by atoms with Crippen LogP contribution in [0, 0.1) is 0 Å². The fourth-order valence-electron chi connectivity index (χ4n) is 0.144. The zero-order valence-electron chi connectivity index (χ0n) is 4.07. The van der Waals surface area contributed by atoms with Crippen molar-refractivity contribution >= 4 is 0 Å². The molecule has 0 aliphatic heterocycles. The van der Waals surface area contributed by atoms with Crippen molar-refractivity contribution in [2.75, 3.05) is 13.1 Å². The molecule has 7 heavy (non-hydrogen) atoms. The standard InChI is InChI=1S/C2H10N4.H2O/c3-5-1-2-6-4;/h5-6H,1-4H2;1H2. The third-order valence-electron chi connectivity index (χ3n) is 0.414. The van der Waals surface area contributed by atoms with Gasteiger partial charge in [-0.1, -0.05) is 0 Å². The molecule has 46 valence electrons. The molecule has 8 N–H and O–H groups in total. The molecule has 0 aromatic carbocycles. The predicted molar refractivity (Wildman–Crippen MR) is 28.0 cm³/mol. The van der Waals surface area contributed by atoms with E-state index in [4.69, 9.17) is 11.7 Å². The van der Waals surface area contributed by atoms with Crippen LogP contribution in [0.3, 0.4) is 0 Å². The summed E-state index contributed by atoms with van der Waals surface area (Å²) < 4.78 is 0. The molecule has 0 aromatic rings. The monoisotopic (exact) mass is 108 g/mol. The normalized spacial score (nSPS) is 7.71. The van der Waals surface area contributed by atoms with E-state index >= 15 is 0 Å². The van der Waals surface area contributed by atoms with Crippen LogP contribution in [-0.4, -0.2) is 18.6 Å². The fourth-order valence-corrected chi connectivity index (χ4v) is 0.144. The molecule has 0 bridgehead atoms. The molecule has 0 atom stereocenters. The Hall–Kier alpha value is -0.200. The lowest BCUT2D eigenvalue weighted by Gasteiger charge is -1.92. The Morgan fingerprint density at radius 1 is 1.00 bits per heavy atom. The van der Waals surface area contributed by atoms with Crippen LogP contribution in [0.2, 0.25) is 0 Å². The van der Waals surface area contributed by atoms with Gasteiger partial charge in [-0.15, -0.1) is 0 Å². The molecule has 0 heterocycles. The summed E-state index contributed by atoms with van der Waals surface area (Å²) in [6.07, 6.45) is 0. The molecule has 0 saturated heterocycles. The number of hydrogen-bond donors (Lipinski definition) is 4. The number of rotatable bonds is 3. The van der Waals surface area contributed by atoms with Crippen LogP contribution in [0.4, 0.5) is 0 Å². The second-order valence-electron chi connectivity index (χ2n) is 0.908. The van der Waals surface area contributed by atoms with Gasteiger partial charge in [0.25, 0.3) is 0 Å². The van der Waals surface area contributed by atoms with Crippen LogP contribution in [0.1, 0.15) is 0 Å². The molecular weight excluding hydrogens is 96.0 g/mol. The first-order chi connectivity index (χ1) is 2.91. The van der Waals surface area contributed by atoms with Gasteiger partial charge in [-0.25, -0.2) is 0 Å². The smallest absolute Gasteiger partial charge is 0.0237 e. The molecule has 0 amide bonds. The lowest BCUT2D eigenvalue weighted by atomic mass is 10.7. The van der Waals surface area contributed by atoms with Gasteiger partial charge < -0.3 is 5.48 Å². The molecule has 5 nitrogen and oxygen atoms in total. The number of nitrogens with two attached hydrogens (primary N) is 2. The summed E-state index contributed by atoms with van der Waals surface area (Å²) in [7, 11) is 0. The van der Waals surface area contributed by atoms with Crippen molar-refractivity contribution in [3.8, 4) is 0 Å². The summed E-state index contributed by atoms with van der Waals surface area (Å²) >= 11 is 0. The summed E-state index contributed by atoms with van der Waals surface area (Å²) in [6, 6.07) is 0. The van der Waals surface area contributed by atoms with E-state index in [0.29, 0.717) is 13.1 Å². The quantitative estimate of drug-likeness (QED) is 0.176. The zero-order chi connectivity index (χ0) is 4.83. The lowest BCUT2D eigenvalue weighted by Crippen LogP contribution is -2.34. The molecule has 0 aliphatic carbocycles. The van der Waals surface area contributed by atoms with Gasteiger partial charge in [0.05, 0.1) is 0 Å². The van der Waals surface area contributed by atoms with Gasteiger partial charge in [0.2, 0.25) is 0 Å². The predicted octanol–water partition coefficient (Wildman–Crippen LogP) is -2.91. The molecule has 0 aromatic heterocycles. The van der Waals surface area contributed by atoms with Gasteiger partial charge in [-0.2, -0.15) is 0 Å². The van der Waals surface area contributed by atoms with Crippen molar-refractivity contribution in [2.45, 2.75) is 0 Å². The number of hydrogen-bond acceptors (Lipinski definition) is 4. The van der Waals surface area contributed by atoms with Crippen molar-refractivity contribution in [2.24, 2.45) is 11.7 Å². The Balaban J connectivity index is 0. The molecule has 0 fully saturated rings. The third-order valence-corrected chi connectivity index (χ3v) is 0.414. The highest BCUT2D eigenvalue weighted by Crippen LogP contribution is 1.39. The van der Waals surface area contributed by atoms with E-state index in [1.165, 1.54) is 0 Å². The van der Waals surface area contributed by atoms with Crippen molar-refractivity contribution in [1.29, 1.82) is 0 Å². The number of hydrazine groups is 2. The fraction of sp³-hybridized carbons (Fsp3) is 1.00. The maximum Gasteiger partial charge on any atom is 0.0237 e. The van der Waals surface area contributed by atoms with Crippen molar-refractivity contribution < 1.29 is 5.48 Å². The van der Waals surface area contributed by atoms with Crippen molar-refractivity contribution in [1.82, 2.24) is 10.9 Å². The van der Waals surface area contributed by atoms with Gasteiger partial charge in [0.15, 0.2) is 0 Å². The largest absolute Gasteiger partial charge is 0.412 e. The van der Waals surface area contributed by atoms with Gasteiger partial charge in [0, 0.05) is 13.1 Å². The first-order valence-electron chi connectivity index (χ1n) is 1.78. The maximum atomic E-state index is 4.87. The third kappa shape index (κ3) is 10.7.